The number of carbonyl (C=O) groups excluding carboxylic acids is 1. The third-order valence-corrected chi connectivity index (χ3v) is 4.44. The first-order valence-electron chi connectivity index (χ1n) is 7.83. The van der Waals surface area contributed by atoms with Crippen LogP contribution >= 0.6 is 11.8 Å². The lowest BCUT2D eigenvalue weighted by molar-refractivity contribution is -0.116. The number of amides is 1. The molecule has 0 aliphatic carbocycles. The maximum atomic E-state index is 12.8. The molecule has 0 atom stereocenters. The Morgan fingerprint density at radius 3 is 2.68 bits per heavy atom. The summed E-state index contributed by atoms with van der Waals surface area (Å²) in [4.78, 5) is 18.6. The van der Waals surface area contributed by atoms with Crippen LogP contribution in [0.1, 0.15) is 11.1 Å². The van der Waals surface area contributed by atoms with E-state index >= 15 is 0 Å². The zero-order valence-corrected chi connectivity index (χ0v) is 14.7. The van der Waals surface area contributed by atoms with Gasteiger partial charge in [0, 0.05) is 5.69 Å². The summed E-state index contributed by atoms with van der Waals surface area (Å²) in [5.74, 6) is 0.468. The molecule has 0 spiro atoms. The molecule has 2 aromatic carbocycles. The number of rotatable bonds is 6. The molecule has 3 aromatic rings. The number of carbonyl (C=O) groups is 1. The van der Waals surface area contributed by atoms with Gasteiger partial charge in [-0.3, -0.25) is 4.79 Å². The lowest BCUT2D eigenvalue weighted by atomic mass is 10.1. The Labute approximate surface area is 150 Å². The van der Waals surface area contributed by atoms with Crippen LogP contribution in [0.15, 0.2) is 59.8 Å². The SMILES string of the molecule is Cc1cccc(N(Cc2ccccc2)C(=O)CSc2n[nH]c(N)n2)c1. The van der Waals surface area contributed by atoms with Crippen molar-refractivity contribution in [3.05, 3.63) is 65.7 Å². The Kier molecular flexibility index (Phi) is 5.35. The van der Waals surface area contributed by atoms with Gasteiger partial charge in [0.25, 0.3) is 0 Å². The normalized spacial score (nSPS) is 10.6. The van der Waals surface area contributed by atoms with Crippen molar-refractivity contribution in [2.45, 2.75) is 18.6 Å². The Bertz CT molecular complexity index is 849. The highest BCUT2D eigenvalue weighted by Gasteiger charge is 2.17. The maximum absolute atomic E-state index is 12.8. The summed E-state index contributed by atoms with van der Waals surface area (Å²) in [6, 6.07) is 17.9. The van der Waals surface area contributed by atoms with Gasteiger partial charge in [-0.15, -0.1) is 5.10 Å². The Morgan fingerprint density at radius 1 is 1.20 bits per heavy atom. The van der Waals surface area contributed by atoms with E-state index in [1.165, 1.54) is 11.8 Å². The Hall–Kier alpha value is -2.80. The molecule has 25 heavy (non-hydrogen) atoms. The molecule has 0 aliphatic rings. The molecule has 0 saturated carbocycles. The van der Waals surface area contributed by atoms with Crippen LogP contribution in [0.25, 0.3) is 0 Å². The average Bonchev–Trinajstić information content (AvgIpc) is 3.04. The number of benzene rings is 2. The van der Waals surface area contributed by atoms with E-state index in [1.807, 2.05) is 61.5 Å². The number of anilines is 2. The summed E-state index contributed by atoms with van der Waals surface area (Å²) in [5.41, 5.74) is 8.58. The van der Waals surface area contributed by atoms with Crippen molar-refractivity contribution in [2.75, 3.05) is 16.4 Å². The van der Waals surface area contributed by atoms with Gasteiger partial charge in [0.15, 0.2) is 0 Å². The fourth-order valence-electron chi connectivity index (χ4n) is 2.41. The van der Waals surface area contributed by atoms with Gasteiger partial charge in [0.05, 0.1) is 12.3 Å². The highest BCUT2D eigenvalue weighted by molar-refractivity contribution is 7.99. The summed E-state index contributed by atoms with van der Waals surface area (Å²) >= 11 is 1.26. The first-order valence-corrected chi connectivity index (χ1v) is 8.82. The number of hydrogen-bond donors (Lipinski definition) is 2. The molecule has 3 rings (SSSR count). The monoisotopic (exact) mass is 353 g/mol. The summed E-state index contributed by atoms with van der Waals surface area (Å²) in [6.45, 7) is 2.53. The van der Waals surface area contributed by atoms with Crippen molar-refractivity contribution in [3.8, 4) is 0 Å². The van der Waals surface area contributed by atoms with Crippen molar-refractivity contribution < 1.29 is 4.79 Å². The van der Waals surface area contributed by atoms with Crippen LogP contribution in [0.3, 0.4) is 0 Å². The Morgan fingerprint density at radius 2 is 2.00 bits per heavy atom. The van der Waals surface area contributed by atoms with Crippen LogP contribution in [0.5, 0.6) is 0 Å². The third-order valence-electron chi connectivity index (χ3n) is 3.60. The third kappa shape index (κ3) is 4.60. The van der Waals surface area contributed by atoms with Crippen LogP contribution in [-0.4, -0.2) is 26.8 Å². The van der Waals surface area contributed by atoms with E-state index in [-0.39, 0.29) is 17.6 Å². The van der Waals surface area contributed by atoms with E-state index < -0.39 is 0 Å². The van der Waals surface area contributed by atoms with Crippen molar-refractivity contribution in [2.24, 2.45) is 0 Å². The number of nitrogens with one attached hydrogen (secondary N) is 1. The first-order chi connectivity index (χ1) is 12.1. The first kappa shape index (κ1) is 17.0. The number of aromatic amines is 1. The highest BCUT2D eigenvalue weighted by Crippen LogP contribution is 2.22. The van der Waals surface area contributed by atoms with Gasteiger partial charge < -0.3 is 10.6 Å². The highest BCUT2D eigenvalue weighted by atomic mass is 32.2. The fourth-order valence-corrected chi connectivity index (χ4v) is 3.09. The van der Waals surface area contributed by atoms with E-state index in [0.717, 1.165) is 16.8 Å². The minimum atomic E-state index is -0.0113. The molecule has 7 heteroatoms. The van der Waals surface area contributed by atoms with Crippen molar-refractivity contribution in [3.63, 3.8) is 0 Å². The molecule has 0 bridgehead atoms. The number of aromatic nitrogens is 3. The van der Waals surface area contributed by atoms with Crippen LogP contribution in [0, 0.1) is 6.92 Å². The van der Waals surface area contributed by atoms with Gasteiger partial charge in [0.1, 0.15) is 0 Å². The zero-order valence-electron chi connectivity index (χ0n) is 13.8. The molecule has 128 valence electrons. The summed E-state index contributed by atoms with van der Waals surface area (Å²) in [5, 5.41) is 6.99. The van der Waals surface area contributed by atoms with E-state index in [4.69, 9.17) is 5.73 Å². The molecule has 1 heterocycles. The lowest BCUT2D eigenvalue weighted by Gasteiger charge is -2.23. The molecular formula is C18H19N5OS. The molecule has 0 radical (unpaired) electrons. The number of nitrogens with zero attached hydrogens (tertiary/aromatic N) is 3. The molecule has 0 unspecified atom stereocenters. The van der Waals surface area contributed by atoms with Gasteiger partial charge in [-0.1, -0.05) is 54.2 Å². The number of hydrogen-bond acceptors (Lipinski definition) is 5. The van der Waals surface area contributed by atoms with E-state index in [9.17, 15) is 4.79 Å². The molecule has 6 nitrogen and oxygen atoms in total. The van der Waals surface area contributed by atoms with Crippen LogP contribution in [0.4, 0.5) is 11.6 Å². The predicted molar refractivity (Wildman–Crippen MR) is 100 cm³/mol. The number of thioether (sulfide) groups is 1. The summed E-state index contributed by atoms with van der Waals surface area (Å²) in [6.07, 6.45) is 0. The van der Waals surface area contributed by atoms with Crippen molar-refractivity contribution in [1.29, 1.82) is 0 Å². The summed E-state index contributed by atoms with van der Waals surface area (Å²) < 4.78 is 0. The van der Waals surface area contributed by atoms with Crippen LogP contribution in [0.2, 0.25) is 0 Å². The van der Waals surface area contributed by atoms with Gasteiger partial charge in [-0.05, 0) is 30.2 Å². The van der Waals surface area contributed by atoms with Gasteiger partial charge in [-0.25, -0.2) is 5.10 Å². The molecule has 3 N–H and O–H groups in total. The minimum absolute atomic E-state index is 0.0113. The average molecular weight is 353 g/mol. The van der Waals surface area contributed by atoms with Gasteiger partial charge in [-0.2, -0.15) is 4.98 Å². The smallest absolute Gasteiger partial charge is 0.237 e. The minimum Gasteiger partial charge on any atom is -0.368 e. The number of H-pyrrole nitrogens is 1. The number of nitrogen functional groups attached to an aromatic ring is 1. The van der Waals surface area contributed by atoms with Crippen LogP contribution < -0.4 is 10.6 Å². The summed E-state index contributed by atoms with van der Waals surface area (Å²) in [7, 11) is 0. The standard InChI is InChI=1S/C18H19N5OS/c1-13-6-5-9-15(10-13)23(11-14-7-3-2-4-8-14)16(24)12-25-18-20-17(19)21-22-18/h2-10H,11-12H2,1H3,(H3,19,20,21,22). The predicted octanol–water partition coefficient (Wildman–Crippen LogP) is 3.02. The van der Waals surface area contributed by atoms with E-state index in [2.05, 4.69) is 15.2 Å². The van der Waals surface area contributed by atoms with Crippen molar-refractivity contribution >= 4 is 29.3 Å². The number of aryl methyl sites for hydroxylation is 1. The lowest BCUT2D eigenvalue weighted by Crippen LogP contribution is -2.32. The quantitative estimate of drug-likeness (QED) is 0.665. The largest absolute Gasteiger partial charge is 0.368 e. The van der Waals surface area contributed by atoms with Crippen LogP contribution in [-0.2, 0) is 11.3 Å². The van der Waals surface area contributed by atoms with Crippen molar-refractivity contribution in [1.82, 2.24) is 15.2 Å². The fraction of sp³-hybridized carbons (Fsp3) is 0.167. The van der Waals surface area contributed by atoms with Gasteiger partial charge >= 0.3 is 0 Å². The maximum Gasteiger partial charge on any atom is 0.237 e. The number of nitrogens with two attached hydrogens (primary N) is 1. The second-order valence-electron chi connectivity index (χ2n) is 5.60. The molecule has 0 saturated heterocycles. The molecular weight excluding hydrogens is 334 g/mol. The van der Waals surface area contributed by atoms with Gasteiger partial charge in [0.2, 0.25) is 17.0 Å². The molecule has 1 aromatic heterocycles. The topological polar surface area (TPSA) is 87.9 Å². The second-order valence-corrected chi connectivity index (χ2v) is 6.54. The molecule has 1 amide bonds. The zero-order chi connectivity index (χ0) is 17.6. The molecule has 0 fully saturated rings. The Balaban J connectivity index is 1.78. The second kappa shape index (κ2) is 7.85. The van der Waals surface area contributed by atoms with E-state index in [1.54, 1.807) is 4.90 Å². The van der Waals surface area contributed by atoms with E-state index in [0.29, 0.717) is 11.7 Å². The molecule has 0 aliphatic heterocycles.